The van der Waals surface area contributed by atoms with Crippen molar-refractivity contribution in [3.63, 3.8) is 0 Å². The first-order chi connectivity index (χ1) is 8.31. The Labute approximate surface area is 121 Å². The molecule has 18 heavy (non-hydrogen) atoms. The summed E-state index contributed by atoms with van der Waals surface area (Å²) < 4.78 is 1.04. The molecule has 0 atom stereocenters. The maximum atomic E-state index is 7.24. The Bertz CT molecular complexity index is 535. The predicted molar refractivity (Wildman–Crippen MR) is 81.5 cm³/mol. The number of nitrogens with zero attached hydrogens (tertiary/aromatic N) is 1. The first-order valence-corrected chi connectivity index (χ1v) is 5.97. The Balaban J connectivity index is 0.00000162. The van der Waals surface area contributed by atoms with E-state index in [2.05, 4.69) is 20.9 Å². The van der Waals surface area contributed by atoms with Crippen LogP contribution in [0.2, 0.25) is 0 Å². The van der Waals surface area contributed by atoms with Gasteiger partial charge in [-0.25, -0.2) is 0 Å². The smallest absolute Gasteiger partial charge is 0.0346 e. The van der Waals surface area contributed by atoms with E-state index in [1.807, 2.05) is 36.4 Å². The molecule has 4 heteroatoms. The number of allylic oxidation sites excluding steroid dienone is 1. The Kier molecular flexibility index (Phi) is 5.75. The van der Waals surface area contributed by atoms with E-state index in [1.54, 1.807) is 18.5 Å². The van der Waals surface area contributed by atoms with Crippen LogP contribution >= 0.6 is 28.3 Å². The maximum Gasteiger partial charge on any atom is 0.0346 e. The van der Waals surface area contributed by atoms with Gasteiger partial charge in [-0.15, -0.1) is 12.4 Å². The molecule has 1 heterocycles. The molecule has 1 aromatic carbocycles. The molecule has 92 valence electrons. The van der Waals surface area contributed by atoms with Crippen LogP contribution in [0.25, 0.3) is 5.57 Å². The molecule has 0 radical (unpaired) electrons. The molecular formula is C14H12BrClN2. The monoisotopic (exact) mass is 322 g/mol. The van der Waals surface area contributed by atoms with E-state index in [0.29, 0.717) is 0 Å². The molecular weight excluding hydrogens is 312 g/mol. The zero-order valence-corrected chi connectivity index (χ0v) is 11.9. The lowest BCUT2D eigenvalue weighted by atomic mass is 9.99. The number of rotatable bonds is 3. The number of pyridine rings is 1. The molecule has 0 aliphatic heterocycles. The van der Waals surface area contributed by atoms with Gasteiger partial charge in [-0.1, -0.05) is 34.1 Å². The first kappa shape index (κ1) is 14.6. The SMILES string of the molecule is Cl.N=C/C=C(/c1ccc(Br)cc1)c1cccnc1. The molecule has 0 unspecified atom stereocenters. The van der Waals surface area contributed by atoms with Crippen LogP contribution in [0, 0.1) is 5.41 Å². The van der Waals surface area contributed by atoms with Crippen LogP contribution in [0.3, 0.4) is 0 Å². The second-order valence-corrected chi connectivity index (χ2v) is 4.41. The van der Waals surface area contributed by atoms with Crippen molar-refractivity contribution in [2.24, 2.45) is 0 Å². The lowest BCUT2D eigenvalue weighted by Gasteiger charge is -2.07. The standard InChI is InChI=1S/C14H11BrN2.ClH/c15-13-5-3-11(4-6-13)14(7-8-16)12-2-1-9-17-10-12;/h1-10,16H;1H/b14-7-,16-8?;. The molecule has 1 aromatic heterocycles. The normalized spacial score (nSPS) is 10.6. The molecule has 1 N–H and O–H groups in total. The third kappa shape index (κ3) is 3.52. The minimum Gasteiger partial charge on any atom is -0.309 e. The molecule has 0 aliphatic rings. The molecule has 0 saturated carbocycles. The van der Waals surface area contributed by atoms with Crippen molar-refractivity contribution in [3.05, 3.63) is 70.5 Å². The maximum absolute atomic E-state index is 7.24. The summed E-state index contributed by atoms with van der Waals surface area (Å²) in [5, 5.41) is 7.24. The summed E-state index contributed by atoms with van der Waals surface area (Å²) in [4.78, 5) is 4.11. The van der Waals surface area contributed by atoms with Crippen LogP contribution in [-0.2, 0) is 0 Å². The number of aromatic nitrogens is 1. The highest BCUT2D eigenvalue weighted by molar-refractivity contribution is 9.10. The number of hydrogen-bond donors (Lipinski definition) is 1. The number of nitrogens with one attached hydrogen (secondary N) is 1. The minimum atomic E-state index is 0. The summed E-state index contributed by atoms with van der Waals surface area (Å²) in [6, 6.07) is 11.9. The molecule has 0 aliphatic carbocycles. The molecule has 2 aromatic rings. The summed E-state index contributed by atoms with van der Waals surface area (Å²) >= 11 is 3.41. The fourth-order valence-corrected chi connectivity index (χ4v) is 1.86. The second-order valence-electron chi connectivity index (χ2n) is 3.50. The van der Waals surface area contributed by atoms with Crippen molar-refractivity contribution in [1.29, 1.82) is 5.41 Å². The molecule has 2 nitrogen and oxygen atoms in total. The van der Waals surface area contributed by atoms with Gasteiger partial charge in [-0.2, -0.15) is 0 Å². The van der Waals surface area contributed by atoms with E-state index >= 15 is 0 Å². The van der Waals surface area contributed by atoms with Crippen LogP contribution in [0.5, 0.6) is 0 Å². The third-order valence-electron chi connectivity index (χ3n) is 2.38. The Hall–Kier alpha value is -1.45. The minimum absolute atomic E-state index is 0. The molecule has 0 saturated heterocycles. The molecule has 2 rings (SSSR count). The lowest BCUT2D eigenvalue weighted by Crippen LogP contribution is -1.89. The number of hydrogen-bond acceptors (Lipinski definition) is 2. The Morgan fingerprint density at radius 2 is 1.83 bits per heavy atom. The van der Waals surface area contributed by atoms with Crippen molar-refractivity contribution < 1.29 is 0 Å². The van der Waals surface area contributed by atoms with Crippen molar-refractivity contribution in [2.75, 3.05) is 0 Å². The lowest BCUT2D eigenvalue weighted by molar-refractivity contribution is 1.31. The Morgan fingerprint density at radius 1 is 1.11 bits per heavy atom. The van der Waals surface area contributed by atoms with Gasteiger partial charge in [-0.3, -0.25) is 4.98 Å². The highest BCUT2D eigenvalue weighted by atomic mass is 79.9. The molecule has 0 fully saturated rings. The van der Waals surface area contributed by atoms with Gasteiger partial charge in [0.05, 0.1) is 0 Å². The average molecular weight is 324 g/mol. The molecule has 0 amide bonds. The van der Waals surface area contributed by atoms with Gasteiger partial charge in [-0.05, 0) is 35.4 Å². The third-order valence-corrected chi connectivity index (χ3v) is 2.91. The van der Waals surface area contributed by atoms with Crippen molar-refractivity contribution in [2.45, 2.75) is 0 Å². The van der Waals surface area contributed by atoms with Gasteiger partial charge in [0.25, 0.3) is 0 Å². The average Bonchev–Trinajstić information content (AvgIpc) is 2.38. The van der Waals surface area contributed by atoms with Gasteiger partial charge in [0.2, 0.25) is 0 Å². The summed E-state index contributed by atoms with van der Waals surface area (Å²) in [6.45, 7) is 0. The summed E-state index contributed by atoms with van der Waals surface area (Å²) in [5.74, 6) is 0. The number of benzene rings is 1. The summed E-state index contributed by atoms with van der Waals surface area (Å²) in [5.41, 5.74) is 3.09. The van der Waals surface area contributed by atoms with Crippen LogP contribution < -0.4 is 0 Å². The van der Waals surface area contributed by atoms with Crippen molar-refractivity contribution in [3.8, 4) is 0 Å². The van der Waals surface area contributed by atoms with Crippen LogP contribution in [-0.4, -0.2) is 11.2 Å². The summed E-state index contributed by atoms with van der Waals surface area (Å²) in [6.07, 6.45) is 6.62. The topological polar surface area (TPSA) is 36.7 Å². The Morgan fingerprint density at radius 3 is 2.39 bits per heavy atom. The van der Waals surface area contributed by atoms with E-state index in [0.717, 1.165) is 21.2 Å². The highest BCUT2D eigenvalue weighted by Crippen LogP contribution is 2.23. The highest BCUT2D eigenvalue weighted by Gasteiger charge is 2.03. The first-order valence-electron chi connectivity index (χ1n) is 5.18. The van der Waals surface area contributed by atoms with Crippen molar-refractivity contribution in [1.82, 2.24) is 4.98 Å². The number of halogens is 2. The molecule has 0 spiro atoms. The van der Waals surface area contributed by atoms with Gasteiger partial charge < -0.3 is 5.41 Å². The van der Waals surface area contributed by atoms with E-state index in [-0.39, 0.29) is 12.4 Å². The van der Waals surface area contributed by atoms with E-state index < -0.39 is 0 Å². The van der Waals surface area contributed by atoms with E-state index in [9.17, 15) is 0 Å². The van der Waals surface area contributed by atoms with Crippen LogP contribution in [0.1, 0.15) is 11.1 Å². The van der Waals surface area contributed by atoms with Gasteiger partial charge >= 0.3 is 0 Å². The van der Waals surface area contributed by atoms with E-state index in [1.165, 1.54) is 6.21 Å². The van der Waals surface area contributed by atoms with Gasteiger partial charge in [0, 0.05) is 28.6 Å². The van der Waals surface area contributed by atoms with Crippen molar-refractivity contribution >= 4 is 40.1 Å². The quantitative estimate of drug-likeness (QED) is 0.838. The second kappa shape index (κ2) is 7.09. The fraction of sp³-hybridized carbons (Fsp3) is 0. The predicted octanol–water partition coefficient (Wildman–Crippen LogP) is 4.35. The van der Waals surface area contributed by atoms with Gasteiger partial charge in [0.15, 0.2) is 0 Å². The van der Waals surface area contributed by atoms with E-state index in [4.69, 9.17) is 5.41 Å². The summed E-state index contributed by atoms with van der Waals surface area (Å²) in [7, 11) is 0. The zero-order chi connectivity index (χ0) is 12.1. The fourth-order valence-electron chi connectivity index (χ4n) is 1.59. The zero-order valence-electron chi connectivity index (χ0n) is 9.51. The van der Waals surface area contributed by atoms with Gasteiger partial charge in [0.1, 0.15) is 0 Å². The largest absolute Gasteiger partial charge is 0.309 e. The van der Waals surface area contributed by atoms with Crippen LogP contribution in [0.4, 0.5) is 0 Å². The van der Waals surface area contributed by atoms with Crippen LogP contribution in [0.15, 0.2) is 59.3 Å². The molecule has 0 bridgehead atoms.